The highest BCUT2D eigenvalue weighted by molar-refractivity contribution is 5.97. The molecular weight excluding hydrogens is 340 g/mol. The van der Waals surface area contributed by atoms with Crippen molar-refractivity contribution in [2.45, 2.75) is 44.8 Å². The zero-order valence-electron chi connectivity index (χ0n) is 15.2. The number of methoxy groups -OCH3 is 2. The van der Waals surface area contributed by atoms with Gasteiger partial charge in [-0.3, -0.25) is 14.9 Å². The molecule has 142 valence electrons. The fourth-order valence-electron chi connectivity index (χ4n) is 2.25. The van der Waals surface area contributed by atoms with Crippen LogP contribution in [0.25, 0.3) is 0 Å². The van der Waals surface area contributed by atoms with Gasteiger partial charge in [-0.25, -0.2) is 4.79 Å². The Morgan fingerprint density at radius 2 is 1.85 bits per heavy atom. The van der Waals surface area contributed by atoms with Gasteiger partial charge in [-0.1, -0.05) is 6.07 Å². The number of hydrogen-bond donors (Lipinski definition) is 2. The molecule has 3 amide bonds. The SMILES string of the molecule is COc1ccc(CCC(=O)OC(C)C(=O)NC(=O)NC2CC2)cc1OC. The number of aryl methyl sites for hydroxylation is 1. The van der Waals surface area contributed by atoms with Gasteiger partial charge < -0.3 is 19.5 Å². The molecule has 1 unspecified atom stereocenters. The van der Waals surface area contributed by atoms with Crippen LogP contribution in [0, 0.1) is 0 Å². The fraction of sp³-hybridized carbons (Fsp3) is 0.500. The topological polar surface area (TPSA) is 103 Å². The molecule has 0 aliphatic heterocycles. The van der Waals surface area contributed by atoms with Gasteiger partial charge in [0, 0.05) is 12.5 Å². The summed E-state index contributed by atoms with van der Waals surface area (Å²) in [6.45, 7) is 1.42. The van der Waals surface area contributed by atoms with E-state index in [9.17, 15) is 14.4 Å². The summed E-state index contributed by atoms with van der Waals surface area (Å²) in [5.41, 5.74) is 0.875. The number of hydrogen-bond acceptors (Lipinski definition) is 6. The summed E-state index contributed by atoms with van der Waals surface area (Å²) in [7, 11) is 3.09. The third-order valence-electron chi connectivity index (χ3n) is 3.89. The lowest BCUT2D eigenvalue weighted by molar-refractivity contribution is -0.154. The van der Waals surface area contributed by atoms with Crippen LogP contribution in [0.2, 0.25) is 0 Å². The van der Waals surface area contributed by atoms with Crippen LogP contribution in [-0.2, 0) is 20.7 Å². The summed E-state index contributed by atoms with van der Waals surface area (Å²) < 4.78 is 15.4. The average Bonchev–Trinajstić information content (AvgIpc) is 3.43. The Kier molecular flexibility index (Phi) is 6.82. The van der Waals surface area contributed by atoms with Crippen molar-refractivity contribution in [3.05, 3.63) is 23.8 Å². The molecule has 2 rings (SSSR count). The molecule has 0 bridgehead atoms. The van der Waals surface area contributed by atoms with Crippen molar-refractivity contribution in [2.75, 3.05) is 14.2 Å². The van der Waals surface area contributed by atoms with E-state index in [0.29, 0.717) is 17.9 Å². The molecule has 1 aliphatic rings. The van der Waals surface area contributed by atoms with Crippen LogP contribution in [-0.4, -0.2) is 44.3 Å². The van der Waals surface area contributed by atoms with Crippen LogP contribution in [0.4, 0.5) is 4.79 Å². The van der Waals surface area contributed by atoms with Gasteiger partial charge in [0.15, 0.2) is 17.6 Å². The van der Waals surface area contributed by atoms with Gasteiger partial charge in [0.2, 0.25) is 0 Å². The summed E-state index contributed by atoms with van der Waals surface area (Å²) in [5.74, 6) is 0.00837. The first-order chi connectivity index (χ1) is 12.4. The maximum Gasteiger partial charge on any atom is 0.321 e. The fourth-order valence-corrected chi connectivity index (χ4v) is 2.25. The summed E-state index contributed by atoms with van der Waals surface area (Å²) in [6.07, 6.45) is 1.32. The highest BCUT2D eigenvalue weighted by Gasteiger charge is 2.25. The molecule has 8 nitrogen and oxygen atoms in total. The van der Waals surface area contributed by atoms with Gasteiger partial charge >= 0.3 is 12.0 Å². The van der Waals surface area contributed by atoms with Crippen molar-refractivity contribution in [1.29, 1.82) is 0 Å². The first-order valence-electron chi connectivity index (χ1n) is 8.44. The third-order valence-corrected chi connectivity index (χ3v) is 3.89. The van der Waals surface area contributed by atoms with E-state index in [2.05, 4.69) is 10.6 Å². The molecule has 8 heteroatoms. The molecule has 0 saturated heterocycles. The normalized spacial score (nSPS) is 14.1. The van der Waals surface area contributed by atoms with E-state index in [1.165, 1.54) is 14.0 Å². The Bertz CT molecular complexity index is 672. The zero-order chi connectivity index (χ0) is 19.1. The second-order valence-electron chi connectivity index (χ2n) is 6.06. The molecule has 1 aliphatic carbocycles. The van der Waals surface area contributed by atoms with E-state index in [4.69, 9.17) is 14.2 Å². The summed E-state index contributed by atoms with van der Waals surface area (Å²) in [6, 6.07) is 4.94. The molecule has 0 spiro atoms. The molecule has 0 radical (unpaired) electrons. The average molecular weight is 364 g/mol. The molecule has 0 heterocycles. The van der Waals surface area contributed by atoms with Crippen LogP contribution in [0.3, 0.4) is 0 Å². The molecule has 1 atom stereocenters. The van der Waals surface area contributed by atoms with Crippen molar-refractivity contribution in [3.63, 3.8) is 0 Å². The lowest BCUT2D eigenvalue weighted by atomic mass is 10.1. The number of rotatable bonds is 8. The van der Waals surface area contributed by atoms with E-state index in [0.717, 1.165) is 18.4 Å². The highest BCUT2D eigenvalue weighted by Crippen LogP contribution is 2.28. The zero-order valence-corrected chi connectivity index (χ0v) is 15.2. The summed E-state index contributed by atoms with van der Waals surface area (Å²) in [4.78, 5) is 35.3. The van der Waals surface area contributed by atoms with Gasteiger partial charge in [-0.15, -0.1) is 0 Å². The molecule has 1 aromatic carbocycles. The minimum atomic E-state index is -1.04. The Morgan fingerprint density at radius 1 is 1.15 bits per heavy atom. The largest absolute Gasteiger partial charge is 0.493 e. The second kappa shape index (κ2) is 9.07. The molecule has 26 heavy (non-hydrogen) atoms. The number of urea groups is 1. The minimum Gasteiger partial charge on any atom is -0.493 e. The van der Waals surface area contributed by atoms with Crippen molar-refractivity contribution in [2.24, 2.45) is 0 Å². The monoisotopic (exact) mass is 364 g/mol. The maximum atomic E-state index is 11.9. The minimum absolute atomic E-state index is 0.0986. The molecule has 1 saturated carbocycles. The molecular formula is C18H24N2O6. The number of carbonyl (C=O) groups is 3. The molecule has 1 fully saturated rings. The Hall–Kier alpha value is -2.77. The molecule has 2 N–H and O–H groups in total. The van der Waals surface area contributed by atoms with Crippen LogP contribution in [0.5, 0.6) is 11.5 Å². The molecule has 1 aromatic rings. The summed E-state index contributed by atoms with van der Waals surface area (Å²) >= 11 is 0. The van der Waals surface area contributed by atoms with Gasteiger partial charge in [0.25, 0.3) is 5.91 Å². The Balaban J connectivity index is 1.76. The first-order valence-corrected chi connectivity index (χ1v) is 8.44. The first kappa shape index (κ1) is 19.6. The van der Waals surface area contributed by atoms with E-state index < -0.39 is 24.0 Å². The van der Waals surface area contributed by atoms with Crippen LogP contribution in [0.15, 0.2) is 18.2 Å². The lowest BCUT2D eigenvalue weighted by Crippen LogP contribution is -2.45. The molecule has 0 aromatic heterocycles. The third kappa shape index (κ3) is 5.94. The maximum absolute atomic E-state index is 11.9. The predicted molar refractivity (Wildman–Crippen MR) is 93.1 cm³/mol. The number of amides is 3. The Labute approximate surface area is 152 Å². The number of imide groups is 1. The van der Waals surface area contributed by atoms with Gasteiger partial charge in [0.1, 0.15) is 0 Å². The lowest BCUT2D eigenvalue weighted by Gasteiger charge is -2.13. The number of ether oxygens (including phenoxy) is 3. The van der Waals surface area contributed by atoms with Crippen molar-refractivity contribution in [3.8, 4) is 11.5 Å². The second-order valence-corrected chi connectivity index (χ2v) is 6.06. The number of nitrogens with one attached hydrogen (secondary N) is 2. The van der Waals surface area contributed by atoms with E-state index in [1.54, 1.807) is 19.2 Å². The quantitative estimate of drug-likeness (QED) is 0.679. The van der Waals surface area contributed by atoms with E-state index >= 15 is 0 Å². The van der Waals surface area contributed by atoms with E-state index in [1.807, 2.05) is 6.07 Å². The Morgan fingerprint density at radius 3 is 2.46 bits per heavy atom. The highest BCUT2D eigenvalue weighted by atomic mass is 16.5. The van der Waals surface area contributed by atoms with Crippen molar-refractivity contribution in [1.82, 2.24) is 10.6 Å². The standard InChI is InChI=1S/C18H24N2O6/c1-11(17(22)20-18(23)19-13-6-7-13)26-16(21)9-5-12-4-8-14(24-2)15(10-12)25-3/h4,8,10-11,13H,5-7,9H2,1-3H3,(H2,19,20,22,23). The van der Waals surface area contributed by atoms with E-state index in [-0.39, 0.29) is 12.5 Å². The van der Waals surface area contributed by atoms with Crippen molar-refractivity contribution >= 4 is 17.9 Å². The van der Waals surface area contributed by atoms with Crippen LogP contribution in [0.1, 0.15) is 31.7 Å². The number of esters is 1. The van der Waals surface area contributed by atoms with Gasteiger partial charge in [-0.05, 0) is 43.9 Å². The summed E-state index contributed by atoms with van der Waals surface area (Å²) in [5, 5.41) is 4.79. The van der Waals surface area contributed by atoms with Crippen LogP contribution >= 0.6 is 0 Å². The van der Waals surface area contributed by atoms with Gasteiger partial charge in [-0.2, -0.15) is 0 Å². The van der Waals surface area contributed by atoms with Gasteiger partial charge in [0.05, 0.1) is 14.2 Å². The predicted octanol–water partition coefficient (Wildman–Crippen LogP) is 1.56. The number of carbonyl (C=O) groups excluding carboxylic acids is 3. The number of benzene rings is 1. The van der Waals surface area contributed by atoms with Crippen LogP contribution < -0.4 is 20.1 Å². The smallest absolute Gasteiger partial charge is 0.321 e. The van der Waals surface area contributed by atoms with Crippen molar-refractivity contribution < 1.29 is 28.6 Å².